The van der Waals surface area contributed by atoms with Gasteiger partial charge in [0.05, 0.1) is 0 Å². The molecule has 2 atom stereocenters. The van der Waals surface area contributed by atoms with Crippen molar-refractivity contribution >= 4 is 41.7 Å². The normalized spacial score (nSPS) is 28.5. The Bertz CT molecular complexity index is 763. The number of hydrogen-bond donors (Lipinski definition) is 0. The molecular formula is C18H18Br2O2S. The molecule has 2 aromatic rings. The van der Waals surface area contributed by atoms with Gasteiger partial charge in [-0.1, -0.05) is 70.0 Å². The van der Waals surface area contributed by atoms with Gasteiger partial charge in [0, 0.05) is 8.95 Å². The molecule has 2 nitrogen and oxygen atoms in total. The molecule has 1 heterocycles. The van der Waals surface area contributed by atoms with Gasteiger partial charge in [0.2, 0.25) is 0 Å². The summed E-state index contributed by atoms with van der Waals surface area (Å²) in [4.78, 5) is 0. The molecule has 1 aliphatic rings. The van der Waals surface area contributed by atoms with E-state index in [0.29, 0.717) is 12.8 Å². The first-order chi connectivity index (χ1) is 10.9. The van der Waals surface area contributed by atoms with Crippen molar-refractivity contribution < 1.29 is 8.42 Å². The number of benzene rings is 2. The monoisotopic (exact) mass is 456 g/mol. The summed E-state index contributed by atoms with van der Waals surface area (Å²) in [6.07, 6.45) is 1.14. The van der Waals surface area contributed by atoms with E-state index in [-0.39, 0.29) is 0 Å². The van der Waals surface area contributed by atoms with Crippen molar-refractivity contribution in [1.82, 2.24) is 0 Å². The van der Waals surface area contributed by atoms with Gasteiger partial charge in [-0.2, -0.15) is 0 Å². The summed E-state index contributed by atoms with van der Waals surface area (Å²) in [5, 5.41) is 0. The molecule has 5 heteroatoms. The largest absolute Gasteiger partial charge is 0.227 e. The van der Waals surface area contributed by atoms with Crippen LogP contribution in [0.3, 0.4) is 0 Å². The molecule has 122 valence electrons. The van der Waals surface area contributed by atoms with Gasteiger partial charge in [-0.3, -0.25) is 0 Å². The third-order valence-electron chi connectivity index (χ3n) is 5.15. The fraction of sp³-hybridized carbons (Fsp3) is 0.333. The van der Waals surface area contributed by atoms with Crippen molar-refractivity contribution in [2.45, 2.75) is 36.2 Å². The molecule has 0 aliphatic carbocycles. The summed E-state index contributed by atoms with van der Waals surface area (Å²) in [6.45, 7) is 3.94. The fourth-order valence-corrected chi connectivity index (χ4v) is 8.01. The molecule has 3 rings (SSSR count). The van der Waals surface area contributed by atoms with E-state index >= 15 is 0 Å². The van der Waals surface area contributed by atoms with Crippen molar-refractivity contribution in [2.24, 2.45) is 0 Å². The molecule has 0 spiro atoms. The van der Waals surface area contributed by atoms with E-state index in [2.05, 4.69) is 31.9 Å². The molecular weight excluding hydrogens is 440 g/mol. The van der Waals surface area contributed by atoms with E-state index < -0.39 is 19.3 Å². The molecule has 23 heavy (non-hydrogen) atoms. The lowest BCUT2D eigenvalue weighted by Gasteiger charge is -2.20. The van der Waals surface area contributed by atoms with Crippen molar-refractivity contribution in [3.63, 3.8) is 0 Å². The van der Waals surface area contributed by atoms with E-state index in [1.54, 1.807) is 0 Å². The van der Waals surface area contributed by atoms with Crippen LogP contribution in [0, 0.1) is 0 Å². The van der Waals surface area contributed by atoms with Crippen molar-refractivity contribution in [2.75, 3.05) is 0 Å². The maximum absolute atomic E-state index is 13.3. The lowest BCUT2D eigenvalue weighted by Crippen LogP contribution is -2.21. The lowest BCUT2D eigenvalue weighted by molar-refractivity contribution is 0.506. The van der Waals surface area contributed by atoms with Gasteiger partial charge in [-0.25, -0.2) is 8.42 Å². The summed E-state index contributed by atoms with van der Waals surface area (Å²) in [5.41, 5.74) is 1.76. The van der Waals surface area contributed by atoms with E-state index in [9.17, 15) is 8.42 Å². The molecule has 1 aliphatic heterocycles. The zero-order valence-corrected chi connectivity index (χ0v) is 17.0. The summed E-state index contributed by atoms with van der Waals surface area (Å²) in [5.74, 6) is 0. The van der Waals surface area contributed by atoms with E-state index in [0.717, 1.165) is 20.1 Å². The van der Waals surface area contributed by atoms with E-state index in [1.165, 1.54) is 0 Å². The molecule has 1 saturated heterocycles. The second-order valence-electron chi connectivity index (χ2n) is 5.88. The maximum Gasteiger partial charge on any atom is 0.173 e. The number of sulfone groups is 1. The Morgan fingerprint density at radius 1 is 0.739 bits per heavy atom. The third kappa shape index (κ3) is 2.06. The Hall–Kier alpha value is -0.650. The Morgan fingerprint density at radius 3 is 1.30 bits per heavy atom. The van der Waals surface area contributed by atoms with Gasteiger partial charge in [0.25, 0.3) is 0 Å². The topological polar surface area (TPSA) is 34.1 Å². The minimum absolute atomic E-state index is 0.570. The van der Waals surface area contributed by atoms with Gasteiger partial charge in [0.1, 0.15) is 9.49 Å². The van der Waals surface area contributed by atoms with Gasteiger partial charge >= 0.3 is 0 Å². The zero-order chi connectivity index (χ0) is 16.9. The fourth-order valence-electron chi connectivity index (χ4n) is 4.08. The van der Waals surface area contributed by atoms with Crippen LogP contribution in [0.5, 0.6) is 0 Å². The Kier molecular flexibility index (Phi) is 4.27. The smallest absolute Gasteiger partial charge is 0.173 e. The van der Waals surface area contributed by atoms with Crippen molar-refractivity contribution in [1.29, 1.82) is 0 Å². The predicted octanol–water partition coefficient (Wildman–Crippen LogP) is 5.55. The van der Waals surface area contributed by atoms with Crippen LogP contribution in [0.1, 0.15) is 37.8 Å². The van der Waals surface area contributed by atoms with Gasteiger partial charge < -0.3 is 0 Å². The standard InChI is InChI=1S/C18H18Br2O2S/c1-3-17(13-5-9-15(19)10-6-13)18(4-2,23(17,21)22)14-7-11-16(20)12-8-14/h5-12H,3-4H2,1-2H3/t17-,18+. The van der Waals surface area contributed by atoms with Crippen LogP contribution in [0.4, 0.5) is 0 Å². The van der Waals surface area contributed by atoms with Crippen LogP contribution >= 0.6 is 31.9 Å². The van der Waals surface area contributed by atoms with Crippen LogP contribution in [0.15, 0.2) is 57.5 Å². The third-order valence-corrected chi connectivity index (χ3v) is 9.58. The highest BCUT2D eigenvalue weighted by atomic mass is 79.9. The summed E-state index contributed by atoms with van der Waals surface area (Å²) < 4.78 is 26.8. The highest BCUT2D eigenvalue weighted by Crippen LogP contribution is 2.72. The molecule has 0 radical (unpaired) electrons. The first-order valence-corrected chi connectivity index (χ1v) is 10.7. The number of rotatable bonds is 4. The van der Waals surface area contributed by atoms with Crippen LogP contribution in [0.25, 0.3) is 0 Å². The van der Waals surface area contributed by atoms with Crippen LogP contribution in [-0.4, -0.2) is 8.42 Å². The molecule has 0 saturated carbocycles. The Morgan fingerprint density at radius 2 is 1.04 bits per heavy atom. The average Bonchev–Trinajstić information content (AvgIpc) is 2.99. The van der Waals surface area contributed by atoms with Crippen LogP contribution in [-0.2, 0) is 19.3 Å². The average molecular weight is 458 g/mol. The van der Waals surface area contributed by atoms with E-state index in [4.69, 9.17) is 0 Å². The molecule has 0 N–H and O–H groups in total. The Labute approximate surface area is 154 Å². The summed E-state index contributed by atoms with van der Waals surface area (Å²) in [7, 11) is -3.28. The molecule has 0 unspecified atom stereocenters. The molecule has 0 aromatic heterocycles. The SMILES string of the molecule is CC[C@]1(c2ccc(Br)cc2)[C@@](CC)(c2ccc(Br)cc2)S1(=O)=O. The molecule has 0 amide bonds. The van der Waals surface area contributed by atoms with Crippen molar-refractivity contribution in [3.8, 4) is 0 Å². The predicted molar refractivity (Wildman–Crippen MR) is 101 cm³/mol. The number of halogens is 2. The van der Waals surface area contributed by atoms with Crippen molar-refractivity contribution in [3.05, 3.63) is 68.6 Å². The Balaban J connectivity index is 2.25. The molecule has 2 aromatic carbocycles. The van der Waals surface area contributed by atoms with E-state index in [1.807, 2.05) is 62.4 Å². The first kappa shape index (κ1) is 17.2. The zero-order valence-electron chi connectivity index (χ0n) is 13.0. The minimum Gasteiger partial charge on any atom is -0.227 e. The minimum atomic E-state index is -3.28. The highest BCUT2D eigenvalue weighted by molar-refractivity contribution is 9.10. The van der Waals surface area contributed by atoms with Crippen LogP contribution < -0.4 is 0 Å². The highest BCUT2D eigenvalue weighted by Gasteiger charge is 2.82. The van der Waals surface area contributed by atoms with Gasteiger partial charge in [0.15, 0.2) is 9.84 Å². The van der Waals surface area contributed by atoms with Gasteiger partial charge in [-0.05, 0) is 48.2 Å². The first-order valence-electron chi connectivity index (χ1n) is 7.63. The second-order valence-corrected chi connectivity index (χ2v) is 10.1. The summed E-state index contributed by atoms with van der Waals surface area (Å²) in [6, 6.07) is 15.4. The molecule has 1 fully saturated rings. The molecule has 0 bridgehead atoms. The lowest BCUT2D eigenvalue weighted by atomic mass is 9.78. The summed E-state index contributed by atoms with van der Waals surface area (Å²) >= 11 is 6.85. The number of hydrogen-bond acceptors (Lipinski definition) is 2. The van der Waals surface area contributed by atoms with Crippen LogP contribution in [0.2, 0.25) is 0 Å². The second kappa shape index (κ2) is 5.71. The quantitative estimate of drug-likeness (QED) is 0.564. The maximum atomic E-state index is 13.3. The van der Waals surface area contributed by atoms with Gasteiger partial charge in [-0.15, -0.1) is 0 Å².